The third-order valence-corrected chi connectivity index (χ3v) is 7.38. The van der Waals surface area contributed by atoms with E-state index in [1.807, 2.05) is 52.1 Å². The third-order valence-electron chi connectivity index (χ3n) is 4.73. The normalized spacial score (nSPS) is 11.6. The van der Waals surface area contributed by atoms with E-state index in [0.717, 1.165) is 22.4 Å². The molecule has 28 heavy (non-hydrogen) atoms. The van der Waals surface area contributed by atoms with E-state index in [0.29, 0.717) is 24.3 Å². The monoisotopic (exact) mass is 420 g/mol. The van der Waals surface area contributed by atoms with Crippen LogP contribution in [0.25, 0.3) is 0 Å². The molecule has 0 aliphatic carbocycles. The maximum absolute atomic E-state index is 12.9. The minimum atomic E-state index is -3.60. The van der Waals surface area contributed by atoms with Crippen LogP contribution in [0.15, 0.2) is 41.3 Å². The number of rotatable bonds is 8. The van der Waals surface area contributed by atoms with Gasteiger partial charge in [-0.3, -0.25) is 4.79 Å². The Morgan fingerprint density at radius 3 is 2.39 bits per heavy atom. The molecule has 0 fully saturated rings. The number of amides is 1. The average molecular weight is 421 g/mol. The van der Waals surface area contributed by atoms with Crippen molar-refractivity contribution in [2.45, 2.75) is 38.3 Å². The summed E-state index contributed by atoms with van der Waals surface area (Å²) >= 11 is 1.69. The van der Waals surface area contributed by atoms with Gasteiger partial charge in [-0.15, -0.1) is 0 Å². The Morgan fingerprint density at radius 2 is 1.79 bits per heavy atom. The van der Waals surface area contributed by atoms with Crippen LogP contribution >= 0.6 is 11.8 Å². The molecule has 2 aromatic carbocycles. The number of aryl methyl sites for hydroxylation is 1. The van der Waals surface area contributed by atoms with Crippen molar-refractivity contribution in [3.63, 3.8) is 0 Å². The van der Waals surface area contributed by atoms with Crippen molar-refractivity contribution in [3.8, 4) is 0 Å². The van der Waals surface area contributed by atoms with E-state index < -0.39 is 10.0 Å². The molecule has 2 aromatic rings. The molecular formula is C21H28N2O3S2. The summed E-state index contributed by atoms with van der Waals surface area (Å²) < 4.78 is 27.2. The van der Waals surface area contributed by atoms with Crippen LogP contribution in [0.1, 0.15) is 40.9 Å². The van der Waals surface area contributed by atoms with Crippen LogP contribution in [0.5, 0.6) is 0 Å². The molecule has 0 atom stereocenters. The number of thioether (sulfide) groups is 1. The minimum Gasteiger partial charge on any atom is -0.322 e. The van der Waals surface area contributed by atoms with Crippen molar-refractivity contribution in [1.29, 1.82) is 0 Å². The van der Waals surface area contributed by atoms with E-state index in [4.69, 9.17) is 0 Å². The Labute approximate surface area is 172 Å². The molecule has 0 aliphatic rings. The van der Waals surface area contributed by atoms with Crippen LogP contribution in [0.4, 0.5) is 5.69 Å². The highest BCUT2D eigenvalue weighted by Gasteiger charge is 2.23. The largest absolute Gasteiger partial charge is 0.322 e. The van der Waals surface area contributed by atoms with Gasteiger partial charge >= 0.3 is 0 Å². The van der Waals surface area contributed by atoms with Crippen molar-refractivity contribution in [2.75, 3.05) is 24.7 Å². The molecule has 0 unspecified atom stereocenters. The summed E-state index contributed by atoms with van der Waals surface area (Å²) in [5, 5.41) is 2.90. The number of hydrogen-bond acceptors (Lipinski definition) is 4. The zero-order valence-corrected chi connectivity index (χ0v) is 18.7. The summed E-state index contributed by atoms with van der Waals surface area (Å²) in [4.78, 5) is 13.0. The second kappa shape index (κ2) is 9.58. The predicted molar refractivity (Wildman–Crippen MR) is 118 cm³/mol. The first kappa shape index (κ1) is 22.5. The number of sulfonamides is 1. The quantitative estimate of drug-likeness (QED) is 0.685. The summed E-state index contributed by atoms with van der Waals surface area (Å²) in [6, 6.07) is 10.7. The lowest BCUT2D eigenvalue weighted by Crippen LogP contribution is -2.30. The fourth-order valence-electron chi connectivity index (χ4n) is 2.98. The van der Waals surface area contributed by atoms with Crippen LogP contribution in [0.2, 0.25) is 0 Å². The van der Waals surface area contributed by atoms with Gasteiger partial charge < -0.3 is 5.32 Å². The summed E-state index contributed by atoms with van der Waals surface area (Å²) in [6.45, 7) is 8.15. The molecule has 0 saturated heterocycles. The van der Waals surface area contributed by atoms with Gasteiger partial charge in [-0.1, -0.05) is 26.0 Å². The molecular weight excluding hydrogens is 392 g/mol. The molecule has 7 heteroatoms. The van der Waals surface area contributed by atoms with Gasteiger partial charge in [0.05, 0.1) is 4.90 Å². The highest BCUT2D eigenvalue weighted by Crippen LogP contribution is 2.27. The molecule has 5 nitrogen and oxygen atoms in total. The van der Waals surface area contributed by atoms with Gasteiger partial charge in [-0.2, -0.15) is 16.1 Å². The first-order valence-electron chi connectivity index (χ1n) is 9.25. The van der Waals surface area contributed by atoms with Crippen LogP contribution in [-0.4, -0.2) is 38.0 Å². The van der Waals surface area contributed by atoms with Gasteiger partial charge in [-0.25, -0.2) is 8.42 Å². The van der Waals surface area contributed by atoms with Crippen molar-refractivity contribution < 1.29 is 13.2 Å². The molecule has 152 valence electrons. The predicted octanol–water partition coefficient (Wildman–Crippen LogP) is 4.45. The fraction of sp³-hybridized carbons (Fsp3) is 0.381. The molecule has 2 rings (SSSR count). The van der Waals surface area contributed by atoms with Crippen molar-refractivity contribution in [1.82, 2.24) is 4.31 Å². The standard InChI is InChI=1S/C21H28N2O3S2/c1-6-23(7-2)28(25,26)19-11-15(3)16(4)20(13-19)22-21(24)18-10-8-9-17(12-18)14-27-5/h8-13H,6-7,14H2,1-5H3,(H,22,24). The summed E-state index contributed by atoms with van der Waals surface area (Å²) in [5.41, 5.74) is 3.82. The van der Waals surface area contributed by atoms with E-state index in [-0.39, 0.29) is 10.8 Å². The maximum atomic E-state index is 12.9. The highest BCUT2D eigenvalue weighted by atomic mass is 32.2. The average Bonchev–Trinajstić information content (AvgIpc) is 2.66. The lowest BCUT2D eigenvalue weighted by molar-refractivity contribution is 0.102. The minimum absolute atomic E-state index is 0.200. The number of hydrogen-bond donors (Lipinski definition) is 1. The summed E-state index contributed by atoms with van der Waals surface area (Å²) in [7, 11) is -3.60. The smallest absolute Gasteiger partial charge is 0.255 e. The van der Waals surface area contributed by atoms with Gasteiger partial charge in [0, 0.05) is 30.1 Å². The Kier molecular flexibility index (Phi) is 7.69. The number of benzene rings is 2. The fourth-order valence-corrected chi connectivity index (χ4v) is 5.06. The number of carbonyl (C=O) groups is 1. The molecule has 1 amide bonds. The molecule has 0 saturated carbocycles. The Bertz CT molecular complexity index is 952. The van der Waals surface area contributed by atoms with E-state index in [2.05, 4.69) is 5.32 Å². The highest BCUT2D eigenvalue weighted by molar-refractivity contribution is 7.97. The van der Waals surface area contributed by atoms with E-state index in [1.165, 1.54) is 4.31 Å². The zero-order valence-electron chi connectivity index (χ0n) is 17.1. The molecule has 0 aliphatic heterocycles. The summed E-state index contributed by atoms with van der Waals surface area (Å²) in [5.74, 6) is 0.583. The first-order chi connectivity index (χ1) is 13.2. The van der Waals surface area contributed by atoms with E-state index in [9.17, 15) is 13.2 Å². The SMILES string of the molecule is CCN(CC)S(=O)(=O)c1cc(C)c(C)c(NC(=O)c2cccc(CSC)c2)c1. The van der Waals surface area contributed by atoms with E-state index >= 15 is 0 Å². The molecule has 0 bridgehead atoms. The van der Waals surface area contributed by atoms with Gasteiger partial charge in [0.25, 0.3) is 5.91 Å². The van der Waals surface area contributed by atoms with Crippen molar-refractivity contribution in [2.24, 2.45) is 0 Å². The van der Waals surface area contributed by atoms with Crippen LogP contribution in [0, 0.1) is 13.8 Å². The van der Waals surface area contributed by atoms with Crippen LogP contribution < -0.4 is 5.32 Å². The van der Waals surface area contributed by atoms with Gasteiger partial charge in [0.2, 0.25) is 10.0 Å². The molecule has 0 heterocycles. The molecule has 1 N–H and O–H groups in total. The van der Waals surface area contributed by atoms with E-state index in [1.54, 1.807) is 30.0 Å². The summed E-state index contributed by atoms with van der Waals surface area (Å²) in [6.07, 6.45) is 2.01. The lowest BCUT2D eigenvalue weighted by Gasteiger charge is -2.20. The van der Waals surface area contributed by atoms with Crippen LogP contribution in [-0.2, 0) is 15.8 Å². The molecule has 0 aromatic heterocycles. The van der Waals surface area contributed by atoms with Crippen molar-refractivity contribution >= 4 is 33.4 Å². The number of carbonyl (C=O) groups excluding carboxylic acids is 1. The van der Waals surface area contributed by atoms with Gasteiger partial charge in [-0.05, 0) is 61.1 Å². The van der Waals surface area contributed by atoms with Crippen molar-refractivity contribution in [3.05, 3.63) is 58.7 Å². The number of nitrogens with one attached hydrogen (secondary N) is 1. The number of nitrogens with zero attached hydrogens (tertiary/aromatic N) is 1. The van der Waals surface area contributed by atoms with Gasteiger partial charge in [0.15, 0.2) is 0 Å². The second-order valence-electron chi connectivity index (χ2n) is 6.59. The lowest BCUT2D eigenvalue weighted by atomic mass is 10.1. The molecule has 0 spiro atoms. The molecule has 0 radical (unpaired) electrons. The Balaban J connectivity index is 2.40. The van der Waals surface area contributed by atoms with Gasteiger partial charge in [0.1, 0.15) is 0 Å². The topological polar surface area (TPSA) is 66.5 Å². The van der Waals surface area contributed by atoms with Crippen LogP contribution in [0.3, 0.4) is 0 Å². The Morgan fingerprint density at radius 1 is 1.11 bits per heavy atom. The second-order valence-corrected chi connectivity index (χ2v) is 9.39. The Hall–Kier alpha value is -1.83. The third kappa shape index (κ3) is 4.96. The zero-order chi connectivity index (χ0) is 20.9. The first-order valence-corrected chi connectivity index (χ1v) is 12.1. The maximum Gasteiger partial charge on any atom is 0.255 e. The number of anilines is 1.